The first kappa shape index (κ1) is 15.8. The highest BCUT2D eigenvalue weighted by Crippen LogP contribution is 2.33. The number of para-hydroxylation sites is 1. The standard InChI is InChI=1S/C17H16IN3O2/c1-10-3-2-4-12-13(8-20-17(10)12)14(9-21(22)23)11-5-6-16(19)15(18)7-11/h2-8,14,20H,9,19H2,1H3. The summed E-state index contributed by atoms with van der Waals surface area (Å²) in [4.78, 5) is 14.2. The molecule has 0 bridgehead atoms. The Morgan fingerprint density at radius 2 is 2.13 bits per heavy atom. The molecule has 0 radical (unpaired) electrons. The summed E-state index contributed by atoms with van der Waals surface area (Å²) in [6, 6.07) is 11.6. The van der Waals surface area contributed by atoms with Crippen LogP contribution in [-0.2, 0) is 0 Å². The van der Waals surface area contributed by atoms with Gasteiger partial charge in [-0.2, -0.15) is 0 Å². The number of nitrogens with two attached hydrogens (primary N) is 1. The van der Waals surface area contributed by atoms with Crippen molar-refractivity contribution >= 4 is 39.2 Å². The number of H-pyrrole nitrogens is 1. The van der Waals surface area contributed by atoms with Gasteiger partial charge in [-0.25, -0.2) is 0 Å². The number of fused-ring (bicyclic) bond motifs is 1. The predicted octanol–water partition coefficient (Wildman–Crippen LogP) is 4.07. The normalized spacial score (nSPS) is 12.4. The summed E-state index contributed by atoms with van der Waals surface area (Å²) in [6.07, 6.45) is 1.88. The van der Waals surface area contributed by atoms with Crippen molar-refractivity contribution in [3.8, 4) is 0 Å². The van der Waals surface area contributed by atoms with Crippen molar-refractivity contribution in [3.05, 3.63) is 73.0 Å². The van der Waals surface area contributed by atoms with Crippen LogP contribution >= 0.6 is 22.6 Å². The monoisotopic (exact) mass is 421 g/mol. The number of aromatic nitrogens is 1. The number of rotatable bonds is 4. The molecule has 1 heterocycles. The number of aryl methyl sites for hydroxylation is 1. The third-order valence-electron chi connectivity index (χ3n) is 4.09. The van der Waals surface area contributed by atoms with Crippen LogP contribution in [0.5, 0.6) is 0 Å². The van der Waals surface area contributed by atoms with E-state index in [0.717, 1.165) is 31.2 Å². The molecule has 2 aromatic carbocycles. The Morgan fingerprint density at radius 1 is 1.35 bits per heavy atom. The molecule has 0 aliphatic carbocycles. The number of nitro groups is 1. The number of nitrogen functional groups attached to an aromatic ring is 1. The molecule has 0 saturated carbocycles. The number of nitrogens with zero attached hydrogens (tertiary/aromatic N) is 1. The summed E-state index contributed by atoms with van der Waals surface area (Å²) < 4.78 is 0.907. The van der Waals surface area contributed by atoms with Gasteiger partial charge in [0.15, 0.2) is 0 Å². The molecule has 1 atom stereocenters. The van der Waals surface area contributed by atoms with E-state index in [2.05, 4.69) is 27.6 Å². The van der Waals surface area contributed by atoms with Crippen molar-refractivity contribution < 1.29 is 4.92 Å². The third-order valence-corrected chi connectivity index (χ3v) is 5.02. The highest BCUT2D eigenvalue weighted by atomic mass is 127. The predicted molar refractivity (Wildman–Crippen MR) is 100 cm³/mol. The minimum Gasteiger partial charge on any atom is -0.398 e. The Morgan fingerprint density at radius 3 is 2.83 bits per heavy atom. The van der Waals surface area contributed by atoms with Crippen molar-refractivity contribution in [1.29, 1.82) is 0 Å². The van der Waals surface area contributed by atoms with E-state index in [1.54, 1.807) is 0 Å². The van der Waals surface area contributed by atoms with Gasteiger partial charge in [-0.3, -0.25) is 10.1 Å². The molecular weight excluding hydrogens is 405 g/mol. The SMILES string of the molecule is Cc1cccc2c(C(C[N+](=O)[O-])c3ccc(N)c(I)c3)c[nH]c12. The van der Waals surface area contributed by atoms with Crippen LogP contribution in [0.1, 0.15) is 22.6 Å². The van der Waals surface area contributed by atoms with Gasteiger partial charge < -0.3 is 10.7 Å². The quantitative estimate of drug-likeness (QED) is 0.288. The maximum Gasteiger partial charge on any atom is 0.214 e. The topological polar surface area (TPSA) is 84.9 Å². The van der Waals surface area contributed by atoms with Crippen LogP contribution in [0, 0.1) is 20.6 Å². The number of hydrogen-bond donors (Lipinski definition) is 2. The van der Waals surface area contributed by atoms with Crippen LogP contribution in [0.3, 0.4) is 0 Å². The molecular formula is C17H16IN3O2. The largest absolute Gasteiger partial charge is 0.398 e. The van der Waals surface area contributed by atoms with E-state index in [-0.39, 0.29) is 17.4 Å². The van der Waals surface area contributed by atoms with Crippen LogP contribution in [-0.4, -0.2) is 16.5 Å². The zero-order chi connectivity index (χ0) is 16.6. The molecule has 0 fully saturated rings. The number of anilines is 1. The number of aromatic amines is 1. The van der Waals surface area contributed by atoms with Crippen LogP contribution in [0.25, 0.3) is 10.9 Å². The van der Waals surface area contributed by atoms with Crippen LogP contribution in [0.2, 0.25) is 0 Å². The summed E-state index contributed by atoms with van der Waals surface area (Å²) >= 11 is 2.16. The van der Waals surface area contributed by atoms with Gasteiger partial charge in [0.05, 0.1) is 5.92 Å². The first-order valence-corrected chi connectivity index (χ1v) is 8.28. The summed E-state index contributed by atoms with van der Waals surface area (Å²) in [5, 5.41) is 12.2. The molecule has 3 rings (SSSR count). The third kappa shape index (κ3) is 3.03. The summed E-state index contributed by atoms with van der Waals surface area (Å²) in [5.41, 5.74) is 10.6. The molecule has 23 heavy (non-hydrogen) atoms. The second kappa shape index (κ2) is 6.19. The molecule has 3 aromatic rings. The van der Waals surface area contributed by atoms with E-state index in [1.165, 1.54) is 0 Å². The molecule has 5 nitrogen and oxygen atoms in total. The molecule has 0 aliphatic heterocycles. The smallest absolute Gasteiger partial charge is 0.214 e. The Bertz CT molecular complexity index is 889. The molecule has 0 amide bonds. The molecule has 0 aliphatic rings. The van der Waals surface area contributed by atoms with Crippen molar-refractivity contribution in [2.75, 3.05) is 12.3 Å². The van der Waals surface area contributed by atoms with E-state index in [1.807, 2.05) is 49.5 Å². The first-order valence-electron chi connectivity index (χ1n) is 7.20. The van der Waals surface area contributed by atoms with Crippen LogP contribution in [0.15, 0.2) is 42.6 Å². The zero-order valence-corrected chi connectivity index (χ0v) is 14.7. The lowest BCUT2D eigenvalue weighted by Gasteiger charge is -2.14. The fourth-order valence-electron chi connectivity index (χ4n) is 2.91. The first-order chi connectivity index (χ1) is 11.0. The van der Waals surface area contributed by atoms with E-state index >= 15 is 0 Å². The van der Waals surface area contributed by atoms with Crippen molar-refractivity contribution in [3.63, 3.8) is 0 Å². The summed E-state index contributed by atoms with van der Waals surface area (Å²) in [7, 11) is 0. The van der Waals surface area contributed by atoms with Gasteiger partial charge >= 0.3 is 0 Å². The molecule has 0 spiro atoms. The van der Waals surface area contributed by atoms with Crippen LogP contribution in [0.4, 0.5) is 5.69 Å². The average molecular weight is 421 g/mol. The molecule has 1 aromatic heterocycles. The lowest BCUT2D eigenvalue weighted by molar-refractivity contribution is -0.481. The van der Waals surface area contributed by atoms with Gasteiger partial charge in [-0.05, 0) is 58.3 Å². The highest BCUT2D eigenvalue weighted by Gasteiger charge is 2.24. The number of nitrogens with one attached hydrogen (secondary N) is 1. The Balaban J connectivity index is 2.16. The Labute approximate surface area is 147 Å². The lowest BCUT2D eigenvalue weighted by Crippen LogP contribution is -2.14. The number of hydrogen-bond acceptors (Lipinski definition) is 3. The number of halogens is 1. The molecule has 6 heteroatoms. The second-order valence-corrected chi connectivity index (χ2v) is 6.75. The zero-order valence-electron chi connectivity index (χ0n) is 12.5. The van der Waals surface area contributed by atoms with Crippen molar-refractivity contribution in [2.24, 2.45) is 0 Å². The van der Waals surface area contributed by atoms with Gasteiger partial charge in [0.1, 0.15) is 0 Å². The lowest BCUT2D eigenvalue weighted by atomic mass is 9.90. The summed E-state index contributed by atoms with van der Waals surface area (Å²) in [5.74, 6) is -0.310. The molecule has 118 valence electrons. The van der Waals surface area contributed by atoms with Gasteiger partial charge in [-0.15, -0.1) is 0 Å². The fourth-order valence-corrected chi connectivity index (χ4v) is 3.45. The van der Waals surface area contributed by atoms with Crippen LogP contribution < -0.4 is 5.73 Å². The van der Waals surface area contributed by atoms with E-state index < -0.39 is 0 Å². The van der Waals surface area contributed by atoms with Gasteiger partial charge in [0, 0.05) is 31.3 Å². The Kier molecular flexibility index (Phi) is 4.25. The molecule has 3 N–H and O–H groups in total. The van der Waals surface area contributed by atoms with E-state index in [4.69, 9.17) is 5.73 Å². The minimum atomic E-state index is -0.310. The Hall–Kier alpha value is -2.09. The highest BCUT2D eigenvalue weighted by molar-refractivity contribution is 14.1. The van der Waals surface area contributed by atoms with E-state index in [0.29, 0.717) is 5.69 Å². The maximum absolute atomic E-state index is 11.2. The molecule has 1 unspecified atom stereocenters. The molecule has 0 saturated heterocycles. The number of benzene rings is 2. The van der Waals surface area contributed by atoms with E-state index in [9.17, 15) is 10.1 Å². The van der Waals surface area contributed by atoms with Gasteiger partial charge in [-0.1, -0.05) is 24.3 Å². The van der Waals surface area contributed by atoms with Crippen molar-refractivity contribution in [1.82, 2.24) is 4.98 Å². The average Bonchev–Trinajstić information content (AvgIpc) is 2.93. The maximum atomic E-state index is 11.2. The summed E-state index contributed by atoms with van der Waals surface area (Å²) in [6.45, 7) is 1.87. The van der Waals surface area contributed by atoms with Gasteiger partial charge in [0.25, 0.3) is 0 Å². The second-order valence-electron chi connectivity index (χ2n) is 5.59. The van der Waals surface area contributed by atoms with Gasteiger partial charge in [0.2, 0.25) is 6.54 Å². The fraction of sp³-hybridized carbons (Fsp3) is 0.176. The minimum absolute atomic E-state index is 0.152. The van der Waals surface area contributed by atoms with Crippen molar-refractivity contribution in [2.45, 2.75) is 12.8 Å².